The Balaban J connectivity index is 1.74. The van der Waals surface area contributed by atoms with Crippen molar-refractivity contribution in [2.45, 2.75) is 38.9 Å². The van der Waals surface area contributed by atoms with Crippen LogP contribution in [-0.2, 0) is 9.53 Å². The molecule has 166 valence electrons. The van der Waals surface area contributed by atoms with Gasteiger partial charge in [0, 0.05) is 38.2 Å². The molecule has 2 atom stereocenters. The van der Waals surface area contributed by atoms with E-state index in [1.807, 2.05) is 0 Å². The van der Waals surface area contributed by atoms with Gasteiger partial charge in [0.1, 0.15) is 17.4 Å². The van der Waals surface area contributed by atoms with Crippen molar-refractivity contribution < 1.29 is 23.1 Å². The van der Waals surface area contributed by atoms with E-state index in [9.17, 15) is 23.2 Å². The van der Waals surface area contributed by atoms with E-state index in [0.717, 1.165) is 18.9 Å². The number of esters is 1. The normalized spacial score (nSPS) is 20.8. The first-order chi connectivity index (χ1) is 14.8. The van der Waals surface area contributed by atoms with Gasteiger partial charge in [-0.15, -0.1) is 0 Å². The number of aromatic nitrogens is 2. The van der Waals surface area contributed by atoms with Gasteiger partial charge in [-0.3, -0.25) is 9.59 Å². The number of carbonyl (C=O) groups is 2. The van der Waals surface area contributed by atoms with Crippen molar-refractivity contribution in [2.75, 3.05) is 31.1 Å². The highest BCUT2D eigenvalue weighted by Gasteiger charge is 2.36. The Bertz CT molecular complexity index is 1100. The topological polar surface area (TPSA) is 93.5 Å². The maximum Gasteiger partial charge on any atom is 0.343 e. The molecule has 0 aromatic carbocycles. The van der Waals surface area contributed by atoms with E-state index >= 15 is 0 Å². The molecule has 1 amide bonds. The van der Waals surface area contributed by atoms with Gasteiger partial charge >= 0.3 is 5.97 Å². The third-order valence-electron chi connectivity index (χ3n) is 5.65. The number of ether oxygens (including phenoxy) is 1. The van der Waals surface area contributed by atoms with Gasteiger partial charge in [-0.1, -0.05) is 0 Å². The first-order valence-corrected chi connectivity index (χ1v) is 10.4. The fourth-order valence-corrected chi connectivity index (χ4v) is 3.92. The van der Waals surface area contributed by atoms with Crippen LogP contribution in [0.2, 0.25) is 0 Å². The third kappa shape index (κ3) is 4.11. The number of nitrogens with zero attached hydrogens (tertiary/aromatic N) is 3. The van der Waals surface area contributed by atoms with Crippen molar-refractivity contribution in [1.82, 2.24) is 14.9 Å². The Hall–Kier alpha value is -3.04. The number of pyridine rings is 2. The van der Waals surface area contributed by atoms with Crippen LogP contribution in [0.15, 0.2) is 17.1 Å². The zero-order valence-corrected chi connectivity index (χ0v) is 17.4. The van der Waals surface area contributed by atoms with E-state index in [2.05, 4.69) is 10.3 Å². The Morgan fingerprint density at radius 3 is 2.71 bits per heavy atom. The number of hydrogen-bond donors (Lipinski definition) is 1. The maximum absolute atomic E-state index is 15.0. The zero-order valence-electron chi connectivity index (χ0n) is 17.4. The lowest BCUT2D eigenvalue weighted by Gasteiger charge is -2.20. The smallest absolute Gasteiger partial charge is 0.343 e. The molecule has 2 aromatic rings. The predicted octanol–water partition coefficient (Wildman–Crippen LogP) is 1.96. The molecular weight excluding hydrogens is 410 g/mol. The SMILES string of the molecule is CCOC(=O)c1cn(C2CC2)c2nc(N3C[C@H](CNC(C)=O)[C@H](F)C3)c(F)cc2c1=O. The molecule has 0 radical (unpaired) electrons. The Kier molecular flexibility index (Phi) is 5.63. The quantitative estimate of drug-likeness (QED) is 0.699. The summed E-state index contributed by atoms with van der Waals surface area (Å²) in [6.45, 7) is 3.38. The highest BCUT2D eigenvalue weighted by atomic mass is 19.1. The van der Waals surface area contributed by atoms with Crippen LogP contribution in [0.4, 0.5) is 14.6 Å². The van der Waals surface area contributed by atoms with Crippen molar-refractivity contribution in [3.8, 4) is 0 Å². The number of anilines is 1. The van der Waals surface area contributed by atoms with E-state index in [4.69, 9.17) is 4.74 Å². The molecule has 0 bridgehead atoms. The summed E-state index contributed by atoms with van der Waals surface area (Å²) < 4.78 is 36.1. The molecule has 0 spiro atoms. The minimum absolute atomic E-state index is 0.00973. The minimum Gasteiger partial charge on any atom is -0.462 e. The van der Waals surface area contributed by atoms with E-state index < -0.39 is 29.3 Å². The Morgan fingerprint density at radius 2 is 2.06 bits per heavy atom. The molecule has 1 aliphatic heterocycles. The van der Waals surface area contributed by atoms with Crippen LogP contribution in [0.3, 0.4) is 0 Å². The molecule has 31 heavy (non-hydrogen) atoms. The summed E-state index contributed by atoms with van der Waals surface area (Å²) in [6, 6.07) is 1.12. The third-order valence-corrected chi connectivity index (χ3v) is 5.65. The molecule has 1 aliphatic carbocycles. The second-order valence-electron chi connectivity index (χ2n) is 8.01. The molecule has 1 N–H and O–H groups in total. The first kappa shape index (κ1) is 21.2. The molecule has 2 aliphatic rings. The highest BCUT2D eigenvalue weighted by Crippen LogP contribution is 2.37. The van der Waals surface area contributed by atoms with Gasteiger partial charge in [0.15, 0.2) is 11.6 Å². The number of nitrogens with one attached hydrogen (secondary N) is 1. The standard InChI is InChI=1S/C21H24F2N4O4/c1-3-31-21(30)15-9-27(13-4-5-13)19-14(18(15)29)6-16(22)20(25-19)26-8-12(17(23)10-26)7-24-11(2)28/h6,9,12-13,17H,3-5,7-8,10H2,1-2H3,(H,24,28)/t12-,17+/m0/s1. The van der Waals surface area contributed by atoms with Gasteiger partial charge < -0.3 is 19.5 Å². The van der Waals surface area contributed by atoms with Crippen molar-refractivity contribution in [3.05, 3.63) is 33.9 Å². The van der Waals surface area contributed by atoms with Crippen LogP contribution in [0.1, 0.15) is 43.1 Å². The van der Waals surface area contributed by atoms with Gasteiger partial charge in [-0.2, -0.15) is 0 Å². The van der Waals surface area contributed by atoms with Gasteiger partial charge in [-0.05, 0) is 25.8 Å². The van der Waals surface area contributed by atoms with Gasteiger partial charge in [0.25, 0.3) is 0 Å². The lowest BCUT2D eigenvalue weighted by molar-refractivity contribution is -0.119. The van der Waals surface area contributed by atoms with Crippen LogP contribution >= 0.6 is 0 Å². The number of halogens is 2. The summed E-state index contributed by atoms with van der Waals surface area (Å²) in [7, 11) is 0. The van der Waals surface area contributed by atoms with Crippen LogP contribution < -0.4 is 15.6 Å². The zero-order chi connectivity index (χ0) is 22.3. The van der Waals surface area contributed by atoms with E-state index in [1.165, 1.54) is 18.0 Å². The highest BCUT2D eigenvalue weighted by molar-refractivity contribution is 5.93. The molecule has 2 aromatic heterocycles. The number of hydrogen-bond acceptors (Lipinski definition) is 6. The predicted molar refractivity (Wildman–Crippen MR) is 109 cm³/mol. The average Bonchev–Trinajstić information content (AvgIpc) is 3.49. The minimum atomic E-state index is -1.25. The summed E-state index contributed by atoms with van der Waals surface area (Å²) in [5, 5.41) is 2.58. The van der Waals surface area contributed by atoms with E-state index in [1.54, 1.807) is 11.5 Å². The van der Waals surface area contributed by atoms with Crippen molar-refractivity contribution in [2.24, 2.45) is 5.92 Å². The molecule has 1 saturated carbocycles. The van der Waals surface area contributed by atoms with Gasteiger partial charge in [-0.25, -0.2) is 18.6 Å². The van der Waals surface area contributed by atoms with Crippen LogP contribution in [0.25, 0.3) is 11.0 Å². The molecule has 2 fully saturated rings. The molecule has 0 unspecified atom stereocenters. The lowest BCUT2D eigenvalue weighted by atomic mass is 10.1. The average molecular weight is 434 g/mol. The van der Waals surface area contributed by atoms with Crippen molar-refractivity contribution in [1.29, 1.82) is 0 Å². The molecule has 3 heterocycles. The lowest BCUT2D eigenvalue weighted by Crippen LogP contribution is -2.31. The monoisotopic (exact) mass is 434 g/mol. The number of alkyl halides is 1. The van der Waals surface area contributed by atoms with Crippen LogP contribution in [0.5, 0.6) is 0 Å². The van der Waals surface area contributed by atoms with Crippen LogP contribution in [-0.4, -0.2) is 53.8 Å². The fourth-order valence-electron chi connectivity index (χ4n) is 3.92. The van der Waals surface area contributed by atoms with Gasteiger partial charge in [0.05, 0.1) is 18.5 Å². The summed E-state index contributed by atoms with van der Waals surface area (Å²) in [5.41, 5.74) is -0.537. The Labute approximate surface area is 177 Å². The first-order valence-electron chi connectivity index (χ1n) is 10.4. The number of fused-ring (bicyclic) bond motifs is 1. The van der Waals surface area contributed by atoms with E-state index in [-0.39, 0.29) is 60.6 Å². The summed E-state index contributed by atoms with van der Waals surface area (Å²) in [6.07, 6.45) is 1.88. The van der Waals surface area contributed by atoms with Crippen molar-refractivity contribution in [3.63, 3.8) is 0 Å². The number of carbonyl (C=O) groups excluding carboxylic acids is 2. The second kappa shape index (κ2) is 8.24. The second-order valence-corrected chi connectivity index (χ2v) is 8.01. The molecule has 8 nitrogen and oxygen atoms in total. The molecule has 1 saturated heterocycles. The van der Waals surface area contributed by atoms with Gasteiger partial charge in [0.2, 0.25) is 11.3 Å². The largest absolute Gasteiger partial charge is 0.462 e. The summed E-state index contributed by atoms with van der Waals surface area (Å²) in [5.74, 6) is -2.31. The maximum atomic E-state index is 15.0. The number of rotatable bonds is 6. The number of amides is 1. The summed E-state index contributed by atoms with van der Waals surface area (Å²) >= 11 is 0. The van der Waals surface area contributed by atoms with E-state index in [0.29, 0.717) is 0 Å². The molecular formula is C21H24F2N4O4. The van der Waals surface area contributed by atoms with Crippen molar-refractivity contribution >= 4 is 28.7 Å². The van der Waals surface area contributed by atoms with Crippen LogP contribution in [0, 0.1) is 11.7 Å². The molecule has 4 rings (SSSR count). The fraction of sp³-hybridized carbons (Fsp3) is 0.524. The Morgan fingerprint density at radius 1 is 1.32 bits per heavy atom. The molecule has 10 heteroatoms. The summed E-state index contributed by atoms with van der Waals surface area (Å²) in [4.78, 5) is 42.1.